The number of hydrogen-bond acceptors (Lipinski definition) is 4. The Morgan fingerprint density at radius 1 is 1.27 bits per heavy atom. The van der Waals surface area contributed by atoms with Gasteiger partial charge in [-0.3, -0.25) is 14.7 Å². The first kappa shape index (κ1) is 15.4. The Hall–Kier alpha value is -1.46. The van der Waals surface area contributed by atoms with Crippen LogP contribution >= 0.6 is 0 Å². The first-order valence-electron chi connectivity index (χ1n) is 8.32. The summed E-state index contributed by atoms with van der Waals surface area (Å²) in [5.74, 6) is 0.233. The predicted molar refractivity (Wildman–Crippen MR) is 86.6 cm³/mol. The molecule has 0 unspecified atom stereocenters. The fraction of sp³-hybridized carbons (Fsp3) is 0.647. The topological polar surface area (TPSA) is 48.5 Å². The maximum absolute atomic E-state index is 12.5. The lowest BCUT2D eigenvalue weighted by molar-refractivity contribution is -0.134. The van der Waals surface area contributed by atoms with Gasteiger partial charge in [0.05, 0.1) is 0 Å². The lowest BCUT2D eigenvalue weighted by atomic mass is 9.85. The summed E-state index contributed by atoms with van der Waals surface area (Å²) in [6.45, 7) is 4.83. The van der Waals surface area contributed by atoms with Gasteiger partial charge in [0.1, 0.15) is 5.54 Å². The third kappa shape index (κ3) is 3.15. The maximum Gasteiger partial charge on any atom is 0.240 e. The molecule has 0 bridgehead atoms. The van der Waals surface area contributed by atoms with E-state index in [1.165, 1.54) is 0 Å². The highest BCUT2D eigenvalue weighted by Crippen LogP contribution is 2.29. The van der Waals surface area contributed by atoms with Crippen LogP contribution in [0.15, 0.2) is 24.4 Å². The standard InChI is InChI=1S/C17H26N4O/c1-20-11-4-10-19-16(22)17(20)7-13-21(14-8-17)12-6-15-5-2-3-9-18-15/h2-3,5,9H,4,6-8,10-14H2,1H3,(H,19,22). The van der Waals surface area contributed by atoms with Crippen molar-refractivity contribution >= 4 is 5.91 Å². The third-order valence-electron chi connectivity index (χ3n) is 5.20. The average molecular weight is 302 g/mol. The van der Waals surface area contributed by atoms with E-state index in [4.69, 9.17) is 0 Å². The van der Waals surface area contributed by atoms with Crippen LogP contribution in [0.1, 0.15) is 25.0 Å². The van der Waals surface area contributed by atoms with Crippen LogP contribution < -0.4 is 5.32 Å². The second kappa shape index (κ2) is 6.75. The molecular formula is C17H26N4O. The van der Waals surface area contributed by atoms with Crippen molar-refractivity contribution in [3.63, 3.8) is 0 Å². The molecule has 2 fully saturated rings. The van der Waals surface area contributed by atoms with Crippen molar-refractivity contribution in [1.82, 2.24) is 20.1 Å². The van der Waals surface area contributed by atoms with Crippen molar-refractivity contribution in [3.05, 3.63) is 30.1 Å². The van der Waals surface area contributed by atoms with E-state index in [9.17, 15) is 4.79 Å². The number of likely N-dealkylation sites (tertiary alicyclic amines) is 1. The van der Waals surface area contributed by atoms with Gasteiger partial charge in [-0.25, -0.2) is 0 Å². The Labute approximate surface area is 132 Å². The molecule has 1 aromatic heterocycles. The normalized spacial score (nSPS) is 23.2. The fourth-order valence-corrected chi connectivity index (χ4v) is 3.64. The summed E-state index contributed by atoms with van der Waals surface area (Å²) in [4.78, 5) is 21.6. The third-order valence-corrected chi connectivity index (χ3v) is 5.20. The monoisotopic (exact) mass is 302 g/mol. The van der Waals surface area contributed by atoms with Crippen LogP contribution in [0.5, 0.6) is 0 Å². The van der Waals surface area contributed by atoms with Crippen LogP contribution in [-0.2, 0) is 11.2 Å². The quantitative estimate of drug-likeness (QED) is 0.902. The summed E-state index contributed by atoms with van der Waals surface area (Å²) < 4.78 is 0. The smallest absolute Gasteiger partial charge is 0.240 e. The summed E-state index contributed by atoms with van der Waals surface area (Å²) in [7, 11) is 2.11. The molecule has 0 saturated carbocycles. The molecule has 0 aromatic carbocycles. The van der Waals surface area contributed by atoms with Gasteiger partial charge in [-0.1, -0.05) is 6.07 Å². The Bertz CT molecular complexity index is 497. The molecule has 1 aromatic rings. The summed E-state index contributed by atoms with van der Waals surface area (Å²) in [6, 6.07) is 6.07. The van der Waals surface area contributed by atoms with Crippen molar-refractivity contribution in [2.75, 3.05) is 39.8 Å². The molecule has 0 atom stereocenters. The molecule has 1 N–H and O–H groups in total. The average Bonchev–Trinajstić information content (AvgIpc) is 2.69. The summed E-state index contributed by atoms with van der Waals surface area (Å²) in [6.07, 6.45) is 5.74. The fourth-order valence-electron chi connectivity index (χ4n) is 3.64. The highest BCUT2D eigenvalue weighted by atomic mass is 16.2. The van der Waals surface area contributed by atoms with Gasteiger partial charge >= 0.3 is 0 Å². The largest absolute Gasteiger partial charge is 0.354 e. The number of likely N-dealkylation sites (N-methyl/N-ethyl adjacent to an activating group) is 1. The molecule has 2 aliphatic rings. The van der Waals surface area contributed by atoms with E-state index in [1.54, 1.807) is 0 Å². The van der Waals surface area contributed by atoms with Crippen molar-refractivity contribution < 1.29 is 4.79 Å². The van der Waals surface area contributed by atoms with Crippen LogP contribution in [0.2, 0.25) is 0 Å². The van der Waals surface area contributed by atoms with Gasteiger partial charge < -0.3 is 10.2 Å². The number of pyridine rings is 1. The van der Waals surface area contributed by atoms with Crippen molar-refractivity contribution in [2.24, 2.45) is 0 Å². The number of rotatable bonds is 3. The first-order chi connectivity index (χ1) is 10.7. The maximum atomic E-state index is 12.5. The molecular weight excluding hydrogens is 276 g/mol. The molecule has 1 spiro atoms. The lowest BCUT2D eigenvalue weighted by Crippen LogP contribution is -2.60. The van der Waals surface area contributed by atoms with Crippen molar-refractivity contribution in [3.8, 4) is 0 Å². The molecule has 3 rings (SSSR count). The molecule has 22 heavy (non-hydrogen) atoms. The van der Waals surface area contributed by atoms with Crippen molar-refractivity contribution in [2.45, 2.75) is 31.2 Å². The molecule has 5 nitrogen and oxygen atoms in total. The van der Waals surface area contributed by atoms with Crippen LogP contribution in [-0.4, -0.2) is 66.0 Å². The van der Waals surface area contributed by atoms with E-state index in [0.29, 0.717) is 0 Å². The predicted octanol–water partition coefficient (Wildman–Crippen LogP) is 0.910. The minimum atomic E-state index is -0.280. The zero-order valence-electron chi connectivity index (χ0n) is 13.4. The molecule has 0 aliphatic carbocycles. The molecule has 2 saturated heterocycles. The summed E-state index contributed by atoms with van der Waals surface area (Å²) >= 11 is 0. The second-order valence-corrected chi connectivity index (χ2v) is 6.48. The van der Waals surface area contributed by atoms with E-state index < -0.39 is 0 Å². The Morgan fingerprint density at radius 3 is 2.82 bits per heavy atom. The van der Waals surface area contributed by atoms with Crippen molar-refractivity contribution in [1.29, 1.82) is 0 Å². The van der Waals surface area contributed by atoms with Crippen LogP contribution in [0.4, 0.5) is 0 Å². The number of amides is 1. The van der Waals surface area contributed by atoms with Gasteiger partial charge in [0.2, 0.25) is 5.91 Å². The van der Waals surface area contributed by atoms with Gasteiger partial charge in [-0.05, 0) is 38.4 Å². The number of aromatic nitrogens is 1. The SMILES string of the molecule is CN1CCCNC(=O)C12CCN(CCc1ccccn1)CC2. The number of carbonyl (C=O) groups excluding carboxylic acids is 1. The van der Waals surface area contributed by atoms with E-state index in [0.717, 1.165) is 64.1 Å². The molecule has 1 amide bonds. The van der Waals surface area contributed by atoms with E-state index in [1.807, 2.05) is 18.3 Å². The number of hydrogen-bond donors (Lipinski definition) is 1. The Morgan fingerprint density at radius 2 is 2.09 bits per heavy atom. The lowest BCUT2D eigenvalue weighted by Gasteiger charge is -2.45. The Balaban J connectivity index is 1.56. The number of carbonyl (C=O) groups is 1. The zero-order chi connectivity index (χ0) is 15.4. The van der Waals surface area contributed by atoms with Gasteiger partial charge in [-0.15, -0.1) is 0 Å². The minimum Gasteiger partial charge on any atom is -0.354 e. The number of nitrogens with zero attached hydrogens (tertiary/aromatic N) is 3. The Kier molecular flexibility index (Phi) is 4.74. The molecule has 0 radical (unpaired) electrons. The summed E-state index contributed by atoms with van der Waals surface area (Å²) in [5, 5.41) is 3.10. The van der Waals surface area contributed by atoms with Crippen LogP contribution in [0.25, 0.3) is 0 Å². The second-order valence-electron chi connectivity index (χ2n) is 6.48. The zero-order valence-corrected chi connectivity index (χ0v) is 13.4. The van der Waals surface area contributed by atoms with Gasteiger partial charge in [0.15, 0.2) is 0 Å². The highest BCUT2D eigenvalue weighted by molar-refractivity contribution is 5.86. The van der Waals surface area contributed by atoms with Gasteiger partial charge in [0, 0.05) is 51.0 Å². The molecule has 5 heteroatoms. The molecule has 2 aliphatic heterocycles. The van der Waals surface area contributed by atoms with Gasteiger partial charge in [0.25, 0.3) is 0 Å². The van der Waals surface area contributed by atoms with Gasteiger partial charge in [-0.2, -0.15) is 0 Å². The minimum absolute atomic E-state index is 0.233. The number of piperidine rings is 1. The van der Waals surface area contributed by atoms with Crippen LogP contribution in [0.3, 0.4) is 0 Å². The van der Waals surface area contributed by atoms with E-state index >= 15 is 0 Å². The first-order valence-corrected chi connectivity index (χ1v) is 8.32. The molecule has 3 heterocycles. The number of nitrogens with one attached hydrogen (secondary N) is 1. The van der Waals surface area contributed by atoms with Crippen LogP contribution in [0, 0.1) is 0 Å². The summed E-state index contributed by atoms with van der Waals surface area (Å²) in [5.41, 5.74) is 0.866. The van der Waals surface area contributed by atoms with E-state index in [2.05, 4.69) is 33.2 Å². The molecule has 120 valence electrons. The highest BCUT2D eigenvalue weighted by Gasteiger charge is 2.45. The van der Waals surface area contributed by atoms with E-state index in [-0.39, 0.29) is 11.4 Å².